The molecule has 2 aromatic carbocycles. The van der Waals surface area contributed by atoms with Gasteiger partial charge >= 0.3 is 0 Å². The highest BCUT2D eigenvalue weighted by Gasteiger charge is 2.28. The van der Waals surface area contributed by atoms with Gasteiger partial charge in [0.15, 0.2) is 22.5 Å². The Morgan fingerprint density at radius 3 is 2.52 bits per heavy atom. The van der Waals surface area contributed by atoms with Crippen LogP contribution < -0.4 is 14.5 Å². The average Bonchev–Trinajstić information content (AvgIpc) is 3.17. The minimum Gasteiger partial charge on any atom is -0.454 e. The number of hydrogen-bond donors (Lipinski definition) is 0. The molecular weight excluding hydrogens is 422 g/mol. The molecule has 0 saturated carbocycles. The molecular formula is C21H16ClN5O4. The van der Waals surface area contributed by atoms with E-state index in [1.165, 1.54) is 12.1 Å². The van der Waals surface area contributed by atoms with E-state index < -0.39 is 4.92 Å². The van der Waals surface area contributed by atoms with Crippen LogP contribution in [0, 0.1) is 10.1 Å². The van der Waals surface area contributed by atoms with E-state index in [9.17, 15) is 10.1 Å². The van der Waals surface area contributed by atoms with Crippen molar-refractivity contribution in [2.24, 2.45) is 5.10 Å². The second-order valence-electron chi connectivity index (χ2n) is 7.23. The summed E-state index contributed by atoms with van der Waals surface area (Å²) < 4.78 is 11.1. The monoisotopic (exact) mass is 437 g/mol. The summed E-state index contributed by atoms with van der Waals surface area (Å²) in [7, 11) is 0. The number of ether oxygens (including phenoxy) is 2. The van der Waals surface area contributed by atoms with E-state index in [1.54, 1.807) is 29.3 Å². The maximum atomic E-state index is 11.1. The molecule has 2 aliphatic heterocycles. The molecule has 0 spiro atoms. The number of aromatic nitrogens is 2. The van der Waals surface area contributed by atoms with Crippen LogP contribution in [0.25, 0.3) is 0 Å². The van der Waals surface area contributed by atoms with Gasteiger partial charge in [0.05, 0.1) is 16.7 Å². The Hall–Kier alpha value is -3.72. The first-order chi connectivity index (χ1) is 15.0. The first kappa shape index (κ1) is 19.3. The summed E-state index contributed by atoms with van der Waals surface area (Å²) in [6, 6.07) is 13.5. The Morgan fingerprint density at radius 1 is 1.10 bits per heavy atom. The number of nitrogens with zero attached hydrogens (tertiary/aromatic N) is 5. The van der Waals surface area contributed by atoms with Crippen LogP contribution in [0.15, 0.2) is 53.6 Å². The van der Waals surface area contributed by atoms with E-state index >= 15 is 0 Å². The molecule has 1 atom stereocenters. The lowest BCUT2D eigenvalue weighted by molar-refractivity contribution is -0.384. The maximum Gasteiger partial charge on any atom is 0.269 e. The molecule has 0 amide bonds. The van der Waals surface area contributed by atoms with Gasteiger partial charge in [-0.2, -0.15) is 5.10 Å². The molecule has 1 aromatic heterocycles. The van der Waals surface area contributed by atoms with Gasteiger partial charge in [0, 0.05) is 23.3 Å². The number of non-ortho nitro benzene ring substituents is 1. The topological polar surface area (TPSA) is 103 Å². The Labute approximate surface area is 182 Å². The highest BCUT2D eigenvalue weighted by Crippen LogP contribution is 2.38. The number of rotatable bonds is 3. The van der Waals surface area contributed by atoms with Gasteiger partial charge in [0.1, 0.15) is 0 Å². The zero-order valence-electron chi connectivity index (χ0n) is 16.4. The molecule has 9 nitrogen and oxygen atoms in total. The Morgan fingerprint density at radius 2 is 1.84 bits per heavy atom. The van der Waals surface area contributed by atoms with Crippen LogP contribution in [0.3, 0.4) is 0 Å². The number of fused-ring (bicyclic) bond motifs is 2. The minimum absolute atomic E-state index is 0.0117. The maximum absolute atomic E-state index is 11.1. The van der Waals surface area contributed by atoms with Gasteiger partial charge in [0.2, 0.25) is 6.79 Å². The minimum atomic E-state index is -0.428. The Bertz CT molecular complexity index is 1200. The lowest BCUT2D eigenvalue weighted by Crippen LogP contribution is -2.30. The van der Waals surface area contributed by atoms with E-state index in [0.29, 0.717) is 34.6 Å². The number of benzene rings is 2. The molecule has 2 aliphatic rings. The standard InChI is InChI=1S/C21H16ClN5O4/c1-12-8-14-9-17-18(31-11-30-17)10-16(14)21(13-2-4-15(5-3-13)27(28)29)25-26(12)20-7-6-19(22)23-24-20/h2-7,9-10,12H,8,11H2,1H3. The predicted molar refractivity (Wildman–Crippen MR) is 114 cm³/mol. The van der Waals surface area contributed by atoms with Crippen molar-refractivity contribution in [3.63, 3.8) is 0 Å². The zero-order chi connectivity index (χ0) is 21.5. The Balaban J connectivity index is 1.68. The third-order valence-electron chi connectivity index (χ3n) is 5.20. The number of hydrogen-bond acceptors (Lipinski definition) is 8. The van der Waals surface area contributed by atoms with E-state index in [-0.39, 0.29) is 18.5 Å². The number of halogens is 1. The molecule has 3 aromatic rings. The van der Waals surface area contributed by atoms with Gasteiger partial charge in [-0.25, -0.2) is 5.01 Å². The molecule has 0 bridgehead atoms. The summed E-state index contributed by atoms with van der Waals surface area (Å²) in [6.45, 7) is 2.21. The van der Waals surface area contributed by atoms with Crippen LogP contribution >= 0.6 is 11.6 Å². The highest BCUT2D eigenvalue weighted by atomic mass is 35.5. The summed E-state index contributed by atoms with van der Waals surface area (Å²) in [6.07, 6.45) is 0.663. The fourth-order valence-corrected chi connectivity index (χ4v) is 3.80. The molecule has 0 N–H and O–H groups in total. The molecule has 156 valence electrons. The quantitative estimate of drug-likeness (QED) is 0.451. The average molecular weight is 438 g/mol. The first-order valence-electron chi connectivity index (χ1n) is 9.54. The molecule has 31 heavy (non-hydrogen) atoms. The van der Waals surface area contributed by atoms with Gasteiger partial charge in [-0.05, 0) is 55.3 Å². The number of anilines is 1. The molecule has 10 heteroatoms. The summed E-state index contributed by atoms with van der Waals surface area (Å²) in [4.78, 5) is 10.7. The summed E-state index contributed by atoms with van der Waals surface area (Å²) >= 11 is 5.90. The van der Waals surface area contributed by atoms with E-state index in [0.717, 1.165) is 16.7 Å². The first-order valence-corrected chi connectivity index (χ1v) is 9.92. The van der Waals surface area contributed by atoms with Crippen LogP contribution in [0.4, 0.5) is 11.5 Å². The van der Waals surface area contributed by atoms with E-state index in [2.05, 4.69) is 10.2 Å². The van der Waals surface area contributed by atoms with Crippen LogP contribution in [0.2, 0.25) is 5.15 Å². The smallest absolute Gasteiger partial charge is 0.269 e. The predicted octanol–water partition coefficient (Wildman–Crippen LogP) is 3.97. The van der Waals surface area contributed by atoms with Crippen LogP contribution in [-0.4, -0.2) is 33.7 Å². The van der Waals surface area contributed by atoms with Crippen LogP contribution in [0.5, 0.6) is 11.5 Å². The van der Waals surface area contributed by atoms with Crippen molar-refractivity contribution < 1.29 is 14.4 Å². The zero-order valence-corrected chi connectivity index (χ0v) is 17.1. The fourth-order valence-electron chi connectivity index (χ4n) is 3.70. The van der Waals surface area contributed by atoms with Gasteiger partial charge < -0.3 is 9.47 Å². The third-order valence-corrected chi connectivity index (χ3v) is 5.40. The summed E-state index contributed by atoms with van der Waals surface area (Å²) in [5.74, 6) is 1.87. The second kappa shape index (κ2) is 7.51. The van der Waals surface area contributed by atoms with Crippen molar-refractivity contribution in [1.82, 2.24) is 10.2 Å². The van der Waals surface area contributed by atoms with E-state index in [4.69, 9.17) is 26.2 Å². The van der Waals surface area contributed by atoms with Crippen molar-refractivity contribution >= 4 is 28.8 Å². The second-order valence-corrected chi connectivity index (χ2v) is 7.61. The van der Waals surface area contributed by atoms with Gasteiger partial charge in [-0.15, -0.1) is 10.2 Å². The van der Waals surface area contributed by atoms with Crippen molar-refractivity contribution in [3.8, 4) is 11.5 Å². The van der Waals surface area contributed by atoms with Crippen LogP contribution in [0.1, 0.15) is 23.6 Å². The number of nitro benzene ring substituents is 1. The van der Waals surface area contributed by atoms with Gasteiger partial charge in [-0.1, -0.05) is 11.6 Å². The Kier molecular flexibility index (Phi) is 4.67. The summed E-state index contributed by atoms with van der Waals surface area (Å²) in [5.41, 5.74) is 3.28. The molecule has 0 radical (unpaired) electrons. The molecule has 1 unspecified atom stereocenters. The molecule has 0 aliphatic carbocycles. The van der Waals surface area contributed by atoms with E-state index in [1.807, 2.05) is 19.1 Å². The van der Waals surface area contributed by atoms with Gasteiger partial charge in [0.25, 0.3) is 5.69 Å². The normalized spacial score (nSPS) is 17.0. The van der Waals surface area contributed by atoms with Crippen molar-refractivity contribution in [2.75, 3.05) is 11.8 Å². The van der Waals surface area contributed by atoms with Crippen molar-refractivity contribution in [3.05, 3.63) is 80.5 Å². The highest BCUT2D eigenvalue weighted by molar-refractivity contribution is 6.29. The lowest BCUT2D eigenvalue weighted by Gasteiger charge is -2.23. The number of nitro groups is 1. The molecule has 0 saturated heterocycles. The van der Waals surface area contributed by atoms with Gasteiger partial charge in [-0.3, -0.25) is 10.1 Å². The van der Waals surface area contributed by atoms with Crippen molar-refractivity contribution in [2.45, 2.75) is 19.4 Å². The molecule has 5 rings (SSSR count). The summed E-state index contributed by atoms with van der Waals surface area (Å²) in [5, 5.41) is 26.2. The largest absolute Gasteiger partial charge is 0.454 e. The fraction of sp³-hybridized carbons (Fsp3) is 0.190. The number of hydrazone groups is 1. The SMILES string of the molecule is CC1Cc2cc3c(cc2C(c2ccc([N+](=O)[O-])cc2)=NN1c1ccc(Cl)nn1)OCO3. The van der Waals surface area contributed by atoms with Crippen molar-refractivity contribution in [1.29, 1.82) is 0 Å². The lowest BCUT2D eigenvalue weighted by atomic mass is 9.94. The third kappa shape index (κ3) is 3.53. The van der Waals surface area contributed by atoms with Crippen LogP contribution in [-0.2, 0) is 6.42 Å². The molecule has 0 fully saturated rings. The molecule has 3 heterocycles.